The summed E-state index contributed by atoms with van der Waals surface area (Å²) < 4.78 is 0. The molecule has 0 aliphatic carbocycles. The Hall–Kier alpha value is -1.80. The van der Waals surface area contributed by atoms with Crippen molar-refractivity contribution in [3.05, 3.63) is 70.7 Å². The van der Waals surface area contributed by atoms with Gasteiger partial charge < -0.3 is 4.84 Å². The zero-order valence-corrected chi connectivity index (χ0v) is 9.89. The molecule has 0 saturated heterocycles. The first-order chi connectivity index (χ1) is 8.34. The predicted molar refractivity (Wildman–Crippen MR) is 69.2 cm³/mol. The van der Waals surface area contributed by atoms with Crippen LogP contribution in [0, 0.1) is 0 Å². The molecule has 85 valence electrons. The fourth-order valence-corrected chi connectivity index (χ4v) is 1.42. The molecule has 0 aliphatic heterocycles. The van der Waals surface area contributed by atoms with Crippen LogP contribution in [0.1, 0.15) is 11.1 Å². The summed E-state index contributed by atoms with van der Waals surface area (Å²) in [5, 5.41) is 4.47. The summed E-state index contributed by atoms with van der Waals surface area (Å²) in [6, 6.07) is 17.1. The maximum atomic E-state index is 5.76. The number of rotatable bonds is 4. The van der Waals surface area contributed by atoms with Gasteiger partial charge in [-0.3, -0.25) is 0 Å². The zero-order valence-electron chi connectivity index (χ0n) is 9.14. The minimum absolute atomic E-state index is 0.446. The van der Waals surface area contributed by atoms with E-state index in [0.29, 0.717) is 11.6 Å². The Kier molecular flexibility index (Phi) is 4.17. The van der Waals surface area contributed by atoms with Crippen LogP contribution in [0.25, 0.3) is 0 Å². The highest BCUT2D eigenvalue weighted by atomic mass is 35.5. The maximum Gasteiger partial charge on any atom is 0.142 e. The van der Waals surface area contributed by atoms with Gasteiger partial charge in [-0.25, -0.2) is 0 Å². The van der Waals surface area contributed by atoms with Crippen LogP contribution in [0.4, 0.5) is 0 Å². The van der Waals surface area contributed by atoms with Crippen molar-refractivity contribution in [1.29, 1.82) is 0 Å². The Bertz CT molecular complexity index is 479. The van der Waals surface area contributed by atoms with Crippen LogP contribution in [-0.2, 0) is 11.4 Å². The molecule has 2 aromatic carbocycles. The van der Waals surface area contributed by atoms with Gasteiger partial charge in [-0.15, -0.1) is 0 Å². The standard InChI is InChI=1S/C14H11ClNO/c15-14-8-6-12(7-9-14)10-16-17-11-13-4-2-1-3-5-13/h1-9H,11H2. The molecule has 0 aromatic heterocycles. The van der Waals surface area contributed by atoms with Gasteiger partial charge in [0.1, 0.15) is 12.8 Å². The summed E-state index contributed by atoms with van der Waals surface area (Å²) in [6.07, 6.45) is 2.79. The van der Waals surface area contributed by atoms with E-state index in [-0.39, 0.29) is 0 Å². The second kappa shape index (κ2) is 6.06. The SMILES string of the molecule is Clc1ccc(/[C]=N\OCc2ccccc2)cc1. The van der Waals surface area contributed by atoms with Crippen molar-refractivity contribution in [2.75, 3.05) is 0 Å². The molecule has 0 saturated carbocycles. The van der Waals surface area contributed by atoms with Gasteiger partial charge in [0, 0.05) is 10.6 Å². The second-order valence-electron chi connectivity index (χ2n) is 3.47. The third kappa shape index (κ3) is 3.93. The fourth-order valence-electron chi connectivity index (χ4n) is 1.29. The van der Waals surface area contributed by atoms with Gasteiger partial charge in [0.05, 0.1) is 0 Å². The molecule has 2 nitrogen and oxygen atoms in total. The van der Waals surface area contributed by atoms with E-state index < -0.39 is 0 Å². The van der Waals surface area contributed by atoms with E-state index in [1.54, 1.807) is 12.1 Å². The van der Waals surface area contributed by atoms with Gasteiger partial charge in [0.25, 0.3) is 0 Å². The number of benzene rings is 2. The summed E-state index contributed by atoms with van der Waals surface area (Å²) in [5.74, 6) is 0. The Morgan fingerprint density at radius 2 is 1.71 bits per heavy atom. The van der Waals surface area contributed by atoms with E-state index in [1.807, 2.05) is 42.5 Å². The molecule has 0 spiro atoms. The summed E-state index contributed by atoms with van der Waals surface area (Å²) >= 11 is 5.76. The fraction of sp³-hybridized carbons (Fsp3) is 0.0714. The monoisotopic (exact) mass is 244 g/mol. The first-order valence-electron chi connectivity index (χ1n) is 5.22. The Morgan fingerprint density at radius 3 is 2.41 bits per heavy atom. The van der Waals surface area contributed by atoms with E-state index in [2.05, 4.69) is 11.4 Å². The van der Waals surface area contributed by atoms with Gasteiger partial charge in [-0.2, -0.15) is 0 Å². The Balaban J connectivity index is 1.84. The third-order valence-corrected chi connectivity index (χ3v) is 2.41. The molecule has 3 heteroatoms. The van der Waals surface area contributed by atoms with Gasteiger partial charge in [-0.1, -0.05) is 59.2 Å². The molecule has 2 rings (SSSR count). The molecule has 0 unspecified atom stereocenters. The van der Waals surface area contributed by atoms with Crippen molar-refractivity contribution in [3.8, 4) is 0 Å². The van der Waals surface area contributed by atoms with Crippen molar-refractivity contribution >= 4 is 17.8 Å². The van der Waals surface area contributed by atoms with Crippen LogP contribution in [0.15, 0.2) is 59.8 Å². The molecule has 0 N–H and O–H groups in total. The molecule has 0 atom stereocenters. The van der Waals surface area contributed by atoms with Crippen LogP contribution in [0.3, 0.4) is 0 Å². The number of halogens is 1. The molecule has 1 radical (unpaired) electrons. The highest BCUT2D eigenvalue weighted by molar-refractivity contribution is 6.30. The summed E-state index contributed by atoms with van der Waals surface area (Å²) in [5.41, 5.74) is 1.91. The molecule has 0 bridgehead atoms. The van der Waals surface area contributed by atoms with Crippen molar-refractivity contribution < 1.29 is 4.84 Å². The van der Waals surface area contributed by atoms with E-state index in [4.69, 9.17) is 16.4 Å². The lowest BCUT2D eigenvalue weighted by molar-refractivity contribution is 0.132. The molecule has 0 aliphatic rings. The quantitative estimate of drug-likeness (QED) is 0.593. The normalized spacial score (nSPS) is 10.6. The van der Waals surface area contributed by atoms with Crippen LogP contribution in [0.5, 0.6) is 0 Å². The number of hydrogen-bond donors (Lipinski definition) is 0. The molecule has 0 heterocycles. The largest absolute Gasteiger partial charge is 0.390 e. The van der Waals surface area contributed by atoms with Crippen molar-refractivity contribution in [2.45, 2.75) is 6.61 Å². The van der Waals surface area contributed by atoms with Crippen molar-refractivity contribution in [1.82, 2.24) is 0 Å². The van der Waals surface area contributed by atoms with E-state index in [0.717, 1.165) is 11.1 Å². The molecular weight excluding hydrogens is 234 g/mol. The average molecular weight is 245 g/mol. The lowest BCUT2D eigenvalue weighted by Gasteiger charge is -1.98. The topological polar surface area (TPSA) is 21.6 Å². The molecule has 0 fully saturated rings. The Labute approximate surface area is 105 Å². The van der Waals surface area contributed by atoms with Gasteiger partial charge >= 0.3 is 0 Å². The van der Waals surface area contributed by atoms with Crippen molar-refractivity contribution in [3.63, 3.8) is 0 Å². The highest BCUT2D eigenvalue weighted by Gasteiger charge is 1.91. The van der Waals surface area contributed by atoms with Crippen LogP contribution >= 0.6 is 11.6 Å². The second-order valence-corrected chi connectivity index (χ2v) is 3.91. The number of nitrogens with zero attached hydrogens (tertiary/aromatic N) is 1. The van der Waals surface area contributed by atoms with Gasteiger partial charge in [0.2, 0.25) is 0 Å². The van der Waals surface area contributed by atoms with Crippen molar-refractivity contribution in [2.24, 2.45) is 5.16 Å². The highest BCUT2D eigenvalue weighted by Crippen LogP contribution is 2.08. The lowest BCUT2D eigenvalue weighted by atomic mass is 10.2. The van der Waals surface area contributed by atoms with E-state index in [1.165, 1.54) is 0 Å². The first-order valence-corrected chi connectivity index (χ1v) is 5.60. The van der Waals surface area contributed by atoms with E-state index >= 15 is 0 Å². The number of hydrogen-bond acceptors (Lipinski definition) is 2. The molecule has 17 heavy (non-hydrogen) atoms. The van der Waals surface area contributed by atoms with Crippen LogP contribution in [0.2, 0.25) is 5.02 Å². The summed E-state index contributed by atoms with van der Waals surface area (Å²) in [4.78, 5) is 5.13. The minimum atomic E-state index is 0.446. The van der Waals surface area contributed by atoms with E-state index in [9.17, 15) is 0 Å². The minimum Gasteiger partial charge on any atom is -0.390 e. The predicted octanol–water partition coefficient (Wildman–Crippen LogP) is 3.77. The third-order valence-electron chi connectivity index (χ3n) is 2.16. The Morgan fingerprint density at radius 1 is 1.00 bits per heavy atom. The first kappa shape index (κ1) is 11.7. The van der Waals surface area contributed by atoms with Crippen LogP contribution < -0.4 is 0 Å². The van der Waals surface area contributed by atoms with Gasteiger partial charge in [0.15, 0.2) is 0 Å². The zero-order chi connectivity index (χ0) is 11.9. The lowest BCUT2D eigenvalue weighted by Crippen LogP contribution is -1.87. The summed E-state index contributed by atoms with van der Waals surface area (Å²) in [6.45, 7) is 0.446. The maximum absolute atomic E-state index is 5.76. The van der Waals surface area contributed by atoms with Crippen LogP contribution in [-0.4, -0.2) is 6.21 Å². The molecule has 2 aromatic rings. The smallest absolute Gasteiger partial charge is 0.142 e. The summed E-state index contributed by atoms with van der Waals surface area (Å²) in [7, 11) is 0. The molecule has 0 amide bonds. The molecular formula is C14H11ClNO. The average Bonchev–Trinajstić information content (AvgIpc) is 2.38. The van der Waals surface area contributed by atoms with Gasteiger partial charge in [-0.05, 0) is 17.7 Å².